The van der Waals surface area contributed by atoms with Crippen LogP contribution in [-0.4, -0.2) is 27.5 Å². The number of nitrogens with zero attached hydrogens (tertiary/aromatic N) is 2. The highest BCUT2D eigenvalue weighted by Crippen LogP contribution is 2.44. The molecule has 0 aliphatic rings. The summed E-state index contributed by atoms with van der Waals surface area (Å²) in [7, 11) is 0. The fourth-order valence-corrected chi connectivity index (χ4v) is 1.50. The minimum absolute atomic E-state index is 0.431. The molecule has 0 bridgehead atoms. The van der Waals surface area contributed by atoms with Crippen molar-refractivity contribution in [1.29, 1.82) is 0 Å². The summed E-state index contributed by atoms with van der Waals surface area (Å²) < 4.78 is 63.7. The number of aromatic nitrogens is 2. The fraction of sp³-hybridized carbons (Fsp3) is 0.571. The van der Waals surface area contributed by atoms with E-state index in [1.165, 1.54) is 0 Å². The monoisotopic (exact) mass is 308 g/mol. The maximum Gasteiger partial charge on any atom is 0.357 e. The van der Waals surface area contributed by atoms with Crippen LogP contribution in [0.25, 0.3) is 0 Å². The predicted molar refractivity (Wildman–Crippen MR) is 47.0 cm³/mol. The molecule has 0 spiro atoms. The molecule has 0 atom stereocenters. The molecule has 0 aliphatic heterocycles. The van der Waals surface area contributed by atoms with Gasteiger partial charge in [0.25, 0.3) is 0 Å². The molecular weight excluding hydrogens is 303 g/mol. The number of alkyl halides is 5. The molecule has 16 heavy (non-hydrogen) atoms. The third kappa shape index (κ3) is 2.05. The van der Waals surface area contributed by atoms with Crippen LogP contribution in [0.2, 0.25) is 0 Å². The third-order valence-corrected chi connectivity index (χ3v) is 2.37. The Hall–Kier alpha value is -0.700. The van der Waals surface area contributed by atoms with E-state index in [-0.39, 0.29) is 0 Å². The number of hydrogen-bond acceptors (Lipinski definition) is 2. The maximum absolute atomic E-state index is 13.2. The topological polar surface area (TPSA) is 38.0 Å². The summed E-state index contributed by atoms with van der Waals surface area (Å²) in [5.41, 5.74) is -1.32. The minimum atomic E-state index is -4.84. The first kappa shape index (κ1) is 13.4. The first-order valence-electron chi connectivity index (χ1n) is 3.92. The molecule has 92 valence electrons. The molecule has 1 aromatic heterocycles. The molecule has 9 heteroatoms. The van der Waals surface area contributed by atoms with Gasteiger partial charge in [-0.05, 0) is 15.9 Å². The van der Waals surface area contributed by atoms with Gasteiger partial charge in [0, 0.05) is 6.20 Å². The van der Waals surface area contributed by atoms with Gasteiger partial charge < -0.3 is 5.11 Å². The molecule has 0 saturated carbocycles. The molecule has 3 nitrogen and oxygen atoms in total. The lowest BCUT2D eigenvalue weighted by atomic mass is 10.1. The molecule has 1 N–H and O–H groups in total. The van der Waals surface area contributed by atoms with E-state index in [0.717, 1.165) is 6.20 Å². The summed E-state index contributed by atoms with van der Waals surface area (Å²) in [6.45, 7) is -3.26. The maximum atomic E-state index is 13.2. The number of aliphatic hydroxyl groups is 1. The highest BCUT2D eigenvalue weighted by atomic mass is 79.9. The molecule has 0 aromatic carbocycles. The molecular formula is C7H6BrF5N2O. The number of halogens is 6. The van der Waals surface area contributed by atoms with Crippen LogP contribution in [0.5, 0.6) is 0 Å². The van der Waals surface area contributed by atoms with Gasteiger partial charge in [0.05, 0.1) is 4.47 Å². The van der Waals surface area contributed by atoms with Gasteiger partial charge in [0.1, 0.15) is 6.73 Å². The third-order valence-electron chi connectivity index (χ3n) is 1.79. The standard InChI is InChI=1S/C7H6BrF5N2O/c8-4-1-15(3-16)14-5(4)7(12,13)6(10,11)2-9/h1,16H,2-3H2. The number of aliphatic hydroxyl groups excluding tert-OH is 1. The van der Waals surface area contributed by atoms with Crippen LogP contribution in [-0.2, 0) is 12.7 Å². The molecule has 1 aromatic rings. The normalized spacial score (nSPS) is 13.2. The summed E-state index contributed by atoms with van der Waals surface area (Å²) >= 11 is 2.59. The Morgan fingerprint density at radius 3 is 2.31 bits per heavy atom. The van der Waals surface area contributed by atoms with Crippen molar-refractivity contribution in [3.63, 3.8) is 0 Å². The van der Waals surface area contributed by atoms with Gasteiger partial charge in [-0.2, -0.15) is 22.7 Å². The summed E-state index contributed by atoms with van der Waals surface area (Å²) in [5.74, 6) is -9.59. The van der Waals surface area contributed by atoms with Gasteiger partial charge in [-0.1, -0.05) is 0 Å². The Balaban J connectivity index is 3.20. The zero-order valence-corrected chi connectivity index (χ0v) is 9.19. The second-order valence-corrected chi connectivity index (χ2v) is 3.77. The summed E-state index contributed by atoms with van der Waals surface area (Å²) in [6.07, 6.45) is 0.886. The second-order valence-electron chi connectivity index (χ2n) is 2.92. The molecule has 0 aliphatic carbocycles. The first-order chi connectivity index (χ1) is 7.26. The molecule has 1 heterocycles. The molecule has 0 unspecified atom stereocenters. The van der Waals surface area contributed by atoms with E-state index in [0.29, 0.717) is 4.68 Å². The van der Waals surface area contributed by atoms with E-state index in [4.69, 9.17) is 5.11 Å². The van der Waals surface area contributed by atoms with Crippen LogP contribution in [0, 0.1) is 0 Å². The average Bonchev–Trinajstić information content (AvgIpc) is 2.59. The summed E-state index contributed by atoms with van der Waals surface area (Å²) in [5, 5.41) is 11.6. The van der Waals surface area contributed by atoms with Crippen LogP contribution >= 0.6 is 15.9 Å². The van der Waals surface area contributed by atoms with Crippen molar-refractivity contribution in [2.24, 2.45) is 0 Å². The zero-order valence-electron chi connectivity index (χ0n) is 7.60. The Kier molecular flexibility index (Phi) is 3.58. The molecule has 1 rings (SSSR count). The van der Waals surface area contributed by atoms with Gasteiger partial charge in [-0.15, -0.1) is 0 Å². The van der Waals surface area contributed by atoms with E-state index < -0.39 is 35.4 Å². The van der Waals surface area contributed by atoms with E-state index >= 15 is 0 Å². The van der Waals surface area contributed by atoms with Crippen LogP contribution in [0.3, 0.4) is 0 Å². The lowest BCUT2D eigenvalue weighted by Crippen LogP contribution is -2.40. The first-order valence-corrected chi connectivity index (χ1v) is 4.71. The highest BCUT2D eigenvalue weighted by Gasteiger charge is 2.60. The van der Waals surface area contributed by atoms with Gasteiger partial charge in [0.2, 0.25) is 0 Å². The molecule has 0 radical (unpaired) electrons. The Labute approximate surface area is 95.0 Å². The minimum Gasteiger partial charge on any atom is -0.374 e. The quantitative estimate of drug-likeness (QED) is 0.867. The lowest BCUT2D eigenvalue weighted by Gasteiger charge is -2.22. The Bertz CT molecular complexity index is 381. The largest absolute Gasteiger partial charge is 0.374 e. The van der Waals surface area contributed by atoms with Crippen molar-refractivity contribution < 1.29 is 27.1 Å². The fourth-order valence-electron chi connectivity index (χ4n) is 0.939. The molecule has 0 fully saturated rings. The van der Waals surface area contributed by atoms with E-state index in [2.05, 4.69) is 21.0 Å². The van der Waals surface area contributed by atoms with Crippen LogP contribution < -0.4 is 0 Å². The van der Waals surface area contributed by atoms with Crippen molar-refractivity contribution in [2.45, 2.75) is 18.6 Å². The van der Waals surface area contributed by atoms with Gasteiger partial charge in [-0.25, -0.2) is 9.07 Å². The van der Waals surface area contributed by atoms with Crippen LogP contribution in [0.1, 0.15) is 5.69 Å². The SMILES string of the molecule is OCn1cc(Br)c(C(F)(F)C(F)(F)CF)n1. The van der Waals surface area contributed by atoms with Crippen molar-refractivity contribution in [2.75, 3.05) is 6.67 Å². The summed E-state index contributed by atoms with van der Waals surface area (Å²) in [6, 6.07) is 0. The number of rotatable bonds is 4. The highest BCUT2D eigenvalue weighted by molar-refractivity contribution is 9.10. The van der Waals surface area contributed by atoms with Crippen molar-refractivity contribution >= 4 is 15.9 Å². The Morgan fingerprint density at radius 2 is 1.94 bits per heavy atom. The van der Waals surface area contributed by atoms with Gasteiger partial charge in [0.15, 0.2) is 12.4 Å². The van der Waals surface area contributed by atoms with Gasteiger partial charge in [-0.3, -0.25) is 0 Å². The van der Waals surface area contributed by atoms with Crippen molar-refractivity contribution in [3.05, 3.63) is 16.4 Å². The zero-order chi connectivity index (χ0) is 12.6. The summed E-state index contributed by atoms with van der Waals surface area (Å²) in [4.78, 5) is 0. The molecule has 0 saturated heterocycles. The van der Waals surface area contributed by atoms with E-state index in [1.54, 1.807) is 0 Å². The lowest BCUT2D eigenvalue weighted by molar-refractivity contribution is -0.225. The average molecular weight is 309 g/mol. The van der Waals surface area contributed by atoms with Crippen LogP contribution in [0.4, 0.5) is 22.0 Å². The molecule has 0 amide bonds. The van der Waals surface area contributed by atoms with Crippen molar-refractivity contribution in [3.8, 4) is 0 Å². The van der Waals surface area contributed by atoms with E-state index in [9.17, 15) is 22.0 Å². The van der Waals surface area contributed by atoms with E-state index in [1.807, 2.05) is 0 Å². The predicted octanol–water partition coefficient (Wildman–Crippen LogP) is 2.29. The van der Waals surface area contributed by atoms with Crippen LogP contribution in [0.15, 0.2) is 10.7 Å². The second kappa shape index (κ2) is 4.28. The Morgan fingerprint density at radius 1 is 1.38 bits per heavy atom. The van der Waals surface area contributed by atoms with Crippen molar-refractivity contribution in [1.82, 2.24) is 9.78 Å². The van der Waals surface area contributed by atoms with Gasteiger partial charge >= 0.3 is 11.8 Å². The number of hydrogen-bond donors (Lipinski definition) is 1. The smallest absolute Gasteiger partial charge is 0.357 e.